The van der Waals surface area contributed by atoms with Crippen molar-refractivity contribution < 1.29 is 9.59 Å². The number of hydrogen-bond acceptors (Lipinski definition) is 4. The largest absolute Gasteiger partial charge is 0.341 e. The van der Waals surface area contributed by atoms with Crippen LogP contribution in [-0.4, -0.2) is 43.5 Å². The van der Waals surface area contributed by atoms with E-state index < -0.39 is 6.03 Å². The average molecular weight is 301 g/mol. The summed E-state index contributed by atoms with van der Waals surface area (Å²) in [6, 6.07) is 9.30. The van der Waals surface area contributed by atoms with Gasteiger partial charge in [0, 0.05) is 26.7 Å². The lowest BCUT2D eigenvalue weighted by Crippen LogP contribution is -2.44. The summed E-state index contributed by atoms with van der Waals surface area (Å²) in [6.07, 6.45) is 0. The monoisotopic (exact) mass is 300 g/mol. The third kappa shape index (κ3) is 7.08. The number of nitrogens with zero attached hydrogens (tertiary/aromatic N) is 1. The molecule has 0 saturated carbocycles. The Labute approximate surface area is 125 Å². The summed E-state index contributed by atoms with van der Waals surface area (Å²) in [5.41, 5.74) is 6.63. The molecule has 0 bridgehead atoms. The Morgan fingerprint density at radius 2 is 1.90 bits per heavy atom. The van der Waals surface area contributed by atoms with Crippen molar-refractivity contribution in [3.8, 4) is 0 Å². The molecule has 0 aliphatic carbocycles. The average Bonchev–Trinajstić information content (AvgIpc) is 2.39. The first kappa shape index (κ1) is 18.4. The standard InChI is InChI=1S/C13H20N4O2.ClH/c1-15-13(19)16-12(18)10-17(8-7-14)9-11-5-3-2-4-6-11;/h2-6H,7-10,14H2,1H3,(H2,15,16,18,19);1H. The molecule has 6 nitrogen and oxygen atoms in total. The van der Waals surface area contributed by atoms with Gasteiger partial charge in [0.25, 0.3) is 0 Å². The Hall–Kier alpha value is -1.63. The number of nitrogens with one attached hydrogen (secondary N) is 2. The zero-order valence-corrected chi connectivity index (χ0v) is 12.3. The minimum Gasteiger partial charge on any atom is -0.341 e. The van der Waals surface area contributed by atoms with Crippen LogP contribution in [-0.2, 0) is 11.3 Å². The molecule has 0 aromatic heterocycles. The van der Waals surface area contributed by atoms with Crippen LogP contribution in [0.3, 0.4) is 0 Å². The van der Waals surface area contributed by atoms with Crippen LogP contribution in [0.1, 0.15) is 5.56 Å². The molecule has 1 aromatic rings. The molecule has 0 aliphatic heterocycles. The molecule has 7 heteroatoms. The number of urea groups is 1. The number of halogens is 1. The van der Waals surface area contributed by atoms with Crippen molar-refractivity contribution >= 4 is 24.3 Å². The lowest BCUT2D eigenvalue weighted by molar-refractivity contribution is -0.121. The first-order valence-electron chi connectivity index (χ1n) is 6.13. The second-order valence-electron chi connectivity index (χ2n) is 4.11. The van der Waals surface area contributed by atoms with Gasteiger partial charge in [-0.05, 0) is 5.56 Å². The van der Waals surface area contributed by atoms with Gasteiger partial charge in [0.05, 0.1) is 6.54 Å². The van der Waals surface area contributed by atoms with Crippen LogP contribution >= 0.6 is 12.4 Å². The maximum Gasteiger partial charge on any atom is 0.321 e. The smallest absolute Gasteiger partial charge is 0.321 e. The SMILES string of the molecule is CNC(=O)NC(=O)CN(CCN)Cc1ccccc1.Cl. The van der Waals surface area contributed by atoms with Crippen LogP contribution in [0.2, 0.25) is 0 Å². The highest BCUT2D eigenvalue weighted by molar-refractivity contribution is 5.95. The normalized spacial score (nSPS) is 9.75. The predicted molar refractivity (Wildman–Crippen MR) is 80.6 cm³/mol. The van der Waals surface area contributed by atoms with Crippen molar-refractivity contribution in [3.05, 3.63) is 35.9 Å². The molecule has 0 saturated heterocycles. The summed E-state index contributed by atoms with van der Waals surface area (Å²) in [5, 5.41) is 4.57. The fraction of sp³-hybridized carbons (Fsp3) is 0.385. The zero-order chi connectivity index (χ0) is 14.1. The Morgan fingerprint density at radius 1 is 1.25 bits per heavy atom. The van der Waals surface area contributed by atoms with E-state index >= 15 is 0 Å². The molecule has 0 fully saturated rings. The van der Waals surface area contributed by atoms with Crippen LogP contribution in [0.5, 0.6) is 0 Å². The van der Waals surface area contributed by atoms with Crippen LogP contribution in [0, 0.1) is 0 Å². The number of rotatable bonds is 6. The van der Waals surface area contributed by atoms with Crippen LogP contribution in [0.25, 0.3) is 0 Å². The van der Waals surface area contributed by atoms with Crippen molar-refractivity contribution in [1.29, 1.82) is 0 Å². The molecule has 0 spiro atoms. The van der Waals surface area contributed by atoms with Crippen molar-refractivity contribution in [1.82, 2.24) is 15.5 Å². The number of nitrogens with two attached hydrogens (primary N) is 1. The number of hydrogen-bond donors (Lipinski definition) is 3. The van der Waals surface area contributed by atoms with E-state index in [4.69, 9.17) is 5.73 Å². The van der Waals surface area contributed by atoms with Gasteiger partial charge in [0.1, 0.15) is 0 Å². The van der Waals surface area contributed by atoms with Crippen molar-refractivity contribution in [2.75, 3.05) is 26.7 Å². The second-order valence-corrected chi connectivity index (χ2v) is 4.11. The molecule has 0 aliphatic rings. The minimum absolute atomic E-state index is 0. The summed E-state index contributed by atoms with van der Waals surface area (Å²) in [7, 11) is 1.46. The topological polar surface area (TPSA) is 87.5 Å². The van der Waals surface area contributed by atoms with Crippen molar-refractivity contribution in [3.63, 3.8) is 0 Å². The van der Waals surface area contributed by atoms with E-state index in [0.29, 0.717) is 19.6 Å². The molecule has 4 N–H and O–H groups in total. The Balaban J connectivity index is 0.00000361. The van der Waals surface area contributed by atoms with E-state index in [1.54, 1.807) is 0 Å². The second kappa shape index (κ2) is 10.2. The molecule has 0 unspecified atom stereocenters. The van der Waals surface area contributed by atoms with Gasteiger partial charge in [-0.1, -0.05) is 30.3 Å². The molecule has 112 valence electrons. The van der Waals surface area contributed by atoms with Gasteiger partial charge in [-0.3, -0.25) is 15.0 Å². The maximum atomic E-state index is 11.6. The molecular weight excluding hydrogens is 280 g/mol. The maximum absolute atomic E-state index is 11.6. The molecule has 1 rings (SSSR count). The minimum atomic E-state index is -0.502. The summed E-state index contributed by atoms with van der Waals surface area (Å²) < 4.78 is 0. The lowest BCUT2D eigenvalue weighted by atomic mass is 10.2. The van der Waals surface area contributed by atoms with Crippen molar-refractivity contribution in [2.24, 2.45) is 5.73 Å². The van der Waals surface area contributed by atoms with Crippen molar-refractivity contribution in [2.45, 2.75) is 6.54 Å². The fourth-order valence-electron chi connectivity index (χ4n) is 1.67. The van der Waals surface area contributed by atoms with Crippen LogP contribution in [0.4, 0.5) is 4.79 Å². The van der Waals surface area contributed by atoms with Gasteiger partial charge in [-0.2, -0.15) is 0 Å². The Morgan fingerprint density at radius 3 is 2.45 bits per heavy atom. The van der Waals surface area contributed by atoms with E-state index in [2.05, 4.69) is 10.6 Å². The summed E-state index contributed by atoms with van der Waals surface area (Å²) in [6.45, 7) is 1.81. The van der Waals surface area contributed by atoms with Gasteiger partial charge < -0.3 is 11.1 Å². The third-order valence-corrected chi connectivity index (χ3v) is 2.54. The van der Waals surface area contributed by atoms with Crippen LogP contribution < -0.4 is 16.4 Å². The van der Waals surface area contributed by atoms with Crippen LogP contribution in [0.15, 0.2) is 30.3 Å². The summed E-state index contributed by atoms with van der Waals surface area (Å²) >= 11 is 0. The lowest BCUT2D eigenvalue weighted by Gasteiger charge is -2.20. The Kier molecular flexibility index (Phi) is 9.36. The van der Waals surface area contributed by atoms with E-state index in [1.165, 1.54) is 7.05 Å². The first-order chi connectivity index (χ1) is 9.15. The molecule has 3 amide bonds. The molecule has 0 heterocycles. The summed E-state index contributed by atoms with van der Waals surface area (Å²) in [5.74, 6) is -0.344. The number of carbonyl (C=O) groups excluding carboxylic acids is 2. The van der Waals surface area contributed by atoms with E-state index in [-0.39, 0.29) is 24.9 Å². The number of amides is 3. The quantitative estimate of drug-likeness (QED) is 0.706. The molecule has 20 heavy (non-hydrogen) atoms. The predicted octanol–water partition coefficient (Wildman–Crippen LogP) is 0.325. The molecular formula is C13H21ClN4O2. The highest BCUT2D eigenvalue weighted by atomic mass is 35.5. The number of carbonyl (C=O) groups is 2. The van der Waals surface area contributed by atoms with Gasteiger partial charge in [-0.25, -0.2) is 4.79 Å². The van der Waals surface area contributed by atoms with Gasteiger partial charge in [0.2, 0.25) is 5.91 Å². The third-order valence-electron chi connectivity index (χ3n) is 2.54. The van der Waals surface area contributed by atoms with Gasteiger partial charge >= 0.3 is 6.03 Å². The van der Waals surface area contributed by atoms with Gasteiger partial charge in [0.15, 0.2) is 0 Å². The molecule has 0 atom stereocenters. The van der Waals surface area contributed by atoms with Gasteiger partial charge in [-0.15, -0.1) is 12.4 Å². The zero-order valence-electron chi connectivity index (χ0n) is 11.5. The number of benzene rings is 1. The van der Waals surface area contributed by atoms with E-state index in [1.807, 2.05) is 35.2 Å². The molecule has 0 radical (unpaired) electrons. The highest BCUT2D eigenvalue weighted by Crippen LogP contribution is 2.03. The van der Waals surface area contributed by atoms with E-state index in [0.717, 1.165) is 5.56 Å². The highest BCUT2D eigenvalue weighted by Gasteiger charge is 2.12. The first-order valence-corrected chi connectivity index (χ1v) is 6.13. The molecule has 1 aromatic carbocycles. The fourth-order valence-corrected chi connectivity index (χ4v) is 1.67. The number of imide groups is 1. The summed E-state index contributed by atoms with van der Waals surface area (Å²) in [4.78, 5) is 24.6. The Bertz CT molecular complexity index is 414. The van der Waals surface area contributed by atoms with E-state index in [9.17, 15) is 9.59 Å².